The first-order valence-electron chi connectivity index (χ1n) is 13.7. The van der Waals surface area contributed by atoms with E-state index in [-0.39, 0.29) is 6.41 Å². The van der Waals surface area contributed by atoms with E-state index >= 15 is 0 Å². The number of hydrogen-bond acceptors (Lipinski definition) is 8. The van der Waals surface area contributed by atoms with Gasteiger partial charge in [-0.05, 0) is 50.0 Å². The number of rotatable bonds is 10. The van der Waals surface area contributed by atoms with Crippen LogP contribution in [0.25, 0.3) is 11.3 Å². The zero-order valence-electron chi connectivity index (χ0n) is 21.5. The van der Waals surface area contributed by atoms with Crippen molar-refractivity contribution in [3.05, 3.63) is 60.3 Å². The Kier molecular flexibility index (Phi) is 7.50. The van der Waals surface area contributed by atoms with Gasteiger partial charge < -0.3 is 24.4 Å². The highest BCUT2D eigenvalue weighted by Crippen LogP contribution is 2.43. The fourth-order valence-electron chi connectivity index (χ4n) is 5.50. The SMILES string of the molecule is C1=CN=C(N2CC3(CCNCc4cccc(-c5cccc(OCCN6CCCCC6)n5)c4)OC2O3)CC1. The summed E-state index contributed by atoms with van der Waals surface area (Å²) >= 11 is 0. The molecule has 0 atom stereocenters. The first-order valence-corrected chi connectivity index (χ1v) is 13.7. The summed E-state index contributed by atoms with van der Waals surface area (Å²) in [5.41, 5.74) is 3.25. The van der Waals surface area contributed by atoms with E-state index in [1.807, 2.05) is 24.4 Å². The number of allylic oxidation sites excluding steroid dienone is 1. The van der Waals surface area contributed by atoms with Crippen LogP contribution < -0.4 is 10.1 Å². The maximum Gasteiger partial charge on any atom is 0.246 e. The molecular weight excluding hydrogens is 466 g/mol. The van der Waals surface area contributed by atoms with Crippen LogP contribution in [0.1, 0.15) is 44.1 Å². The number of aliphatic imine (C=N–C) groups is 1. The maximum absolute atomic E-state index is 6.04. The predicted octanol–water partition coefficient (Wildman–Crippen LogP) is 4.14. The Bertz CT molecular complexity index is 1120. The molecule has 5 aliphatic heterocycles. The third-order valence-corrected chi connectivity index (χ3v) is 7.56. The summed E-state index contributed by atoms with van der Waals surface area (Å²) in [6.07, 6.45) is 10.5. The minimum atomic E-state index is -0.498. The summed E-state index contributed by atoms with van der Waals surface area (Å²) < 4.78 is 18.1. The minimum absolute atomic E-state index is 0.265. The van der Waals surface area contributed by atoms with Gasteiger partial charge in [0.25, 0.3) is 0 Å². The van der Waals surface area contributed by atoms with E-state index in [2.05, 4.69) is 50.5 Å². The van der Waals surface area contributed by atoms with Crippen molar-refractivity contribution >= 4 is 5.84 Å². The van der Waals surface area contributed by atoms with Crippen molar-refractivity contribution in [3.8, 4) is 17.1 Å². The van der Waals surface area contributed by atoms with Crippen molar-refractivity contribution in [2.75, 3.05) is 39.3 Å². The Labute approximate surface area is 219 Å². The van der Waals surface area contributed by atoms with Gasteiger partial charge in [0.2, 0.25) is 12.3 Å². The number of pyridine rings is 1. The van der Waals surface area contributed by atoms with Gasteiger partial charge in [-0.1, -0.05) is 36.8 Å². The quantitative estimate of drug-likeness (QED) is 0.489. The van der Waals surface area contributed by atoms with Gasteiger partial charge in [-0.25, -0.2) is 9.98 Å². The summed E-state index contributed by atoms with van der Waals surface area (Å²) in [6.45, 7) is 6.37. The summed E-state index contributed by atoms with van der Waals surface area (Å²) in [7, 11) is 0. The van der Waals surface area contributed by atoms with Crippen LogP contribution in [0.3, 0.4) is 0 Å². The first kappa shape index (κ1) is 24.6. The molecule has 1 aromatic carbocycles. The molecule has 0 aliphatic carbocycles. The number of aromatic nitrogens is 1. The molecule has 0 amide bonds. The van der Waals surface area contributed by atoms with E-state index in [0.29, 0.717) is 12.5 Å². The minimum Gasteiger partial charge on any atom is -0.476 e. The van der Waals surface area contributed by atoms with Crippen molar-refractivity contribution in [3.63, 3.8) is 0 Å². The molecular formula is C29H37N5O3. The Morgan fingerprint density at radius 2 is 1.97 bits per heavy atom. The maximum atomic E-state index is 6.04. The number of nitrogens with zero attached hydrogens (tertiary/aromatic N) is 4. The van der Waals surface area contributed by atoms with Gasteiger partial charge in [-0.15, -0.1) is 0 Å². The van der Waals surface area contributed by atoms with Crippen molar-refractivity contribution in [1.29, 1.82) is 0 Å². The molecule has 1 N–H and O–H groups in total. The van der Waals surface area contributed by atoms with Gasteiger partial charge in [-0.3, -0.25) is 4.90 Å². The Balaban J connectivity index is 0.969. The van der Waals surface area contributed by atoms with Crippen LogP contribution in [0, 0.1) is 0 Å². The second kappa shape index (κ2) is 11.3. The second-order valence-electron chi connectivity index (χ2n) is 10.3. The number of likely N-dealkylation sites (tertiary alicyclic amines) is 1. The van der Waals surface area contributed by atoms with Gasteiger partial charge in [0.15, 0.2) is 5.79 Å². The van der Waals surface area contributed by atoms with E-state index in [0.717, 1.165) is 62.5 Å². The molecule has 8 heteroatoms. The summed E-state index contributed by atoms with van der Waals surface area (Å²) in [4.78, 5) is 13.9. The van der Waals surface area contributed by atoms with Gasteiger partial charge in [0.1, 0.15) is 12.4 Å². The number of amidine groups is 1. The number of benzene rings is 1. The topological polar surface area (TPSA) is 71.5 Å². The van der Waals surface area contributed by atoms with Gasteiger partial charge >= 0.3 is 0 Å². The molecule has 5 aliphatic rings. The average molecular weight is 504 g/mol. The molecule has 0 unspecified atom stereocenters. The number of fused-ring (bicyclic) bond motifs is 1. The van der Waals surface area contributed by atoms with Crippen molar-refractivity contribution < 1.29 is 14.2 Å². The van der Waals surface area contributed by atoms with Crippen LogP contribution in [0.4, 0.5) is 0 Å². The zero-order valence-corrected chi connectivity index (χ0v) is 21.5. The third kappa shape index (κ3) is 5.88. The van der Waals surface area contributed by atoms with Crippen molar-refractivity contribution in [2.24, 2.45) is 4.99 Å². The Morgan fingerprint density at radius 1 is 1.08 bits per heavy atom. The molecule has 37 heavy (non-hydrogen) atoms. The fourth-order valence-corrected chi connectivity index (χ4v) is 5.50. The van der Waals surface area contributed by atoms with Crippen molar-refractivity contribution in [1.82, 2.24) is 20.1 Å². The highest BCUT2D eigenvalue weighted by molar-refractivity contribution is 5.84. The van der Waals surface area contributed by atoms with Gasteiger partial charge in [0, 0.05) is 50.3 Å². The number of hydrogen-bond donors (Lipinski definition) is 1. The molecule has 0 spiro atoms. The van der Waals surface area contributed by atoms with E-state index < -0.39 is 5.79 Å². The van der Waals surface area contributed by atoms with Crippen LogP contribution in [-0.4, -0.2) is 72.2 Å². The van der Waals surface area contributed by atoms with Crippen LogP contribution >= 0.6 is 0 Å². The smallest absolute Gasteiger partial charge is 0.246 e. The van der Waals surface area contributed by atoms with Gasteiger partial charge in [0.05, 0.1) is 12.2 Å². The first-order chi connectivity index (χ1) is 18.3. The molecule has 0 radical (unpaired) electrons. The molecule has 196 valence electrons. The molecule has 8 nitrogen and oxygen atoms in total. The summed E-state index contributed by atoms with van der Waals surface area (Å²) in [6, 6.07) is 14.6. The largest absolute Gasteiger partial charge is 0.476 e. The summed E-state index contributed by atoms with van der Waals surface area (Å²) in [5.74, 6) is 1.26. The monoisotopic (exact) mass is 503 g/mol. The Morgan fingerprint density at radius 3 is 2.84 bits per heavy atom. The Hall–Kier alpha value is -2.78. The lowest BCUT2D eigenvalue weighted by atomic mass is 10.1. The molecule has 7 rings (SSSR count). The number of nitrogens with one attached hydrogen (secondary N) is 1. The van der Waals surface area contributed by atoms with Gasteiger partial charge in [-0.2, -0.15) is 0 Å². The van der Waals surface area contributed by atoms with E-state index in [4.69, 9.17) is 19.2 Å². The highest BCUT2D eigenvalue weighted by Gasteiger charge is 2.59. The lowest BCUT2D eigenvalue weighted by Crippen LogP contribution is -2.49. The van der Waals surface area contributed by atoms with Crippen LogP contribution in [0.5, 0.6) is 5.88 Å². The highest BCUT2D eigenvalue weighted by atomic mass is 16.9. The van der Waals surface area contributed by atoms with E-state index in [1.165, 1.54) is 37.9 Å². The van der Waals surface area contributed by atoms with Crippen LogP contribution in [0.15, 0.2) is 59.7 Å². The lowest BCUT2D eigenvalue weighted by Gasteiger charge is -2.37. The van der Waals surface area contributed by atoms with Crippen LogP contribution in [-0.2, 0) is 16.0 Å². The predicted molar refractivity (Wildman–Crippen MR) is 143 cm³/mol. The molecule has 2 aromatic rings. The van der Waals surface area contributed by atoms with Crippen LogP contribution in [0.2, 0.25) is 0 Å². The van der Waals surface area contributed by atoms with E-state index in [9.17, 15) is 0 Å². The second-order valence-corrected chi connectivity index (χ2v) is 10.3. The number of ether oxygens (including phenoxy) is 3. The molecule has 4 saturated heterocycles. The molecule has 4 fully saturated rings. The number of piperidine rings is 1. The normalized spacial score (nSPS) is 25.1. The fraction of sp³-hybridized carbons (Fsp3) is 0.517. The van der Waals surface area contributed by atoms with Crippen molar-refractivity contribution in [2.45, 2.75) is 57.3 Å². The molecule has 6 heterocycles. The third-order valence-electron chi connectivity index (χ3n) is 7.56. The summed E-state index contributed by atoms with van der Waals surface area (Å²) in [5, 5.41) is 3.55. The van der Waals surface area contributed by atoms with E-state index in [1.54, 1.807) is 0 Å². The zero-order chi connectivity index (χ0) is 24.9. The standard InChI is InChI=1S/C29H37N5O3/c1-4-16-33(17-5-1)18-19-35-27-12-7-10-25(32-27)24-9-6-8-23(20-24)21-30-15-13-29-22-34(28(36-29)37-29)26-11-2-3-14-31-26/h3,6-10,12,14,20,28,30H,1-2,4-5,11,13,15-19,21-22H2. The average Bonchev–Trinajstić information content (AvgIpc) is 3.49. The molecule has 1 aromatic heterocycles. The molecule has 0 saturated carbocycles. The lowest BCUT2D eigenvalue weighted by molar-refractivity contribution is -0.418. The molecule has 2 bridgehead atoms.